The largest absolute Gasteiger partial charge is 0.379 e. The van der Waals surface area contributed by atoms with Gasteiger partial charge in [-0.2, -0.15) is 11.8 Å². The van der Waals surface area contributed by atoms with Crippen molar-refractivity contribution in [3.8, 4) is 0 Å². The summed E-state index contributed by atoms with van der Waals surface area (Å²) in [5.74, 6) is 2.12. The van der Waals surface area contributed by atoms with Gasteiger partial charge in [-0.05, 0) is 37.2 Å². The van der Waals surface area contributed by atoms with E-state index in [4.69, 9.17) is 4.74 Å². The predicted octanol–water partition coefficient (Wildman–Crippen LogP) is 2.75. The summed E-state index contributed by atoms with van der Waals surface area (Å²) in [6, 6.07) is 0. The molecule has 0 rings (SSSR count). The van der Waals surface area contributed by atoms with E-state index in [2.05, 4.69) is 49.6 Å². The van der Waals surface area contributed by atoms with Crippen molar-refractivity contribution in [1.29, 1.82) is 0 Å². The van der Waals surface area contributed by atoms with Crippen LogP contribution in [0.5, 0.6) is 0 Å². The van der Waals surface area contributed by atoms with E-state index in [0.29, 0.717) is 6.54 Å². The summed E-state index contributed by atoms with van der Waals surface area (Å²) < 4.78 is 5.54. The van der Waals surface area contributed by atoms with Gasteiger partial charge in [0.25, 0.3) is 0 Å². The Kier molecular flexibility index (Phi) is 11.0. The molecule has 1 atom stereocenters. The number of guanidine groups is 1. The average molecular weight is 304 g/mol. The molecule has 4 nitrogen and oxygen atoms in total. The molecule has 5 heteroatoms. The molecule has 0 heterocycles. The van der Waals surface area contributed by atoms with Gasteiger partial charge in [0.15, 0.2) is 5.96 Å². The summed E-state index contributed by atoms with van der Waals surface area (Å²) >= 11 is 1.90. The van der Waals surface area contributed by atoms with Crippen LogP contribution in [0.25, 0.3) is 0 Å². The summed E-state index contributed by atoms with van der Waals surface area (Å²) in [5.41, 5.74) is 0.105. The van der Waals surface area contributed by atoms with Gasteiger partial charge in [0, 0.05) is 20.2 Å². The Balaban J connectivity index is 4.24. The monoisotopic (exact) mass is 303 g/mol. The van der Waals surface area contributed by atoms with Crippen LogP contribution < -0.4 is 10.6 Å². The Bertz CT molecular complexity index is 264. The quantitative estimate of drug-likeness (QED) is 0.390. The first-order valence-electron chi connectivity index (χ1n) is 7.49. The second-order valence-electron chi connectivity index (χ2n) is 5.94. The van der Waals surface area contributed by atoms with E-state index in [0.717, 1.165) is 19.0 Å². The zero-order valence-corrected chi connectivity index (χ0v) is 14.9. The molecule has 0 aromatic heterocycles. The van der Waals surface area contributed by atoms with Crippen LogP contribution in [0.4, 0.5) is 0 Å². The number of unbranched alkanes of at least 4 members (excludes halogenated alkanes) is 1. The van der Waals surface area contributed by atoms with Gasteiger partial charge < -0.3 is 15.4 Å². The molecule has 0 saturated heterocycles. The standard InChI is InChI=1S/C15H33N3OS/c1-7-16-14(17-10-8-9-11-20-6)18-12-13(19-5)15(2,3)4/h13H,7-12H2,1-6H3,(H2,16,17,18). The van der Waals surface area contributed by atoms with Gasteiger partial charge in [-0.1, -0.05) is 20.8 Å². The summed E-state index contributed by atoms with van der Waals surface area (Å²) in [6.07, 6.45) is 4.71. The van der Waals surface area contributed by atoms with Gasteiger partial charge in [-0.25, -0.2) is 0 Å². The summed E-state index contributed by atoms with van der Waals surface area (Å²) in [5, 5.41) is 6.67. The lowest BCUT2D eigenvalue weighted by molar-refractivity contribution is 0.0241. The third kappa shape index (κ3) is 9.48. The smallest absolute Gasteiger partial charge is 0.191 e. The Labute approximate surface area is 129 Å². The predicted molar refractivity (Wildman–Crippen MR) is 91.8 cm³/mol. The van der Waals surface area contributed by atoms with Gasteiger partial charge in [0.2, 0.25) is 0 Å². The Morgan fingerprint density at radius 3 is 2.45 bits per heavy atom. The fourth-order valence-electron chi connectivity index (χ4n) is 1.80. The molecule has 0 aliphatic rings. The highest BCUT2D eigenvalue weighted by atomic mass is 32.2. The highest BCUT2D eigenvalue weighted by Gasteiger charge is 2.23. The zero-order chi connectivity index (χ0) is 15.4. The van der Waals surface area contributed by atoms with E-state index in [1.54, 1.807) is 7.11 Å². The third-order valence-electron chi connectivity index (χ3n) is 3.08. The van der Waals surface area contributed by atoms with E-state index in [-0.39, 0.29) is 11.5 Å². The van der Waals surface area contributed by atoms with Crippen LogP contribution in [-0.4, -0.2) is 50.8 Å². The highest BCUT2D eigenvalue weighted by Crippen LogP contribution is 2.21. The molecule has 0 bridgehead atoms. The Hall–Kier alpha value is -0.420. The minimum atomic E-state index is 0.105. The maximum atomic E-state index is 5.54. The minimum absolute atomic E-state index is 0.105. The van der Waals surface area contributed by atoms with Crippen LogP contribution in [0, 0.1) is 5.41 Å². The first kappa shape index (κ1) is 19.6. The molecule has 1 unspecified atom stereocenters. The number of methoxy groups -OCH3 is 1. The second kappa shape index (κ2) is 11.3. The van der Waals surface area contributed by atoms with E-state index in [1.807, 2.05) is 11.8 Å². The summed E-state index contributed by atoms with van der Waals surface area (Å²) in [6.45, 7) is 11.2. The van der Waals surface area contributed by atoms with Crippen LogP contribution in [-0.2, 0) is 4.74 Å². The lowest BCUT2D eigenvalue weighted by atomic mass is 9.89. The van der Waals surface area contributed by atoms with Crippen molar-refractivity contribution in [3.63, 3.8) is 0 Å². The number of aliphatic imine (C=N–C) groups is 1. The van der Waals surface area contributed by atoms with Crippen LogP contribution >= 0.6 is 11.8 Å². The highest BCUT2D eigenvalue weighted by molar-refractivity contribution is 7.98. The van der Waals surface area contributed by atoms with Crippen LogP contribution in [0.2, 0.25) is 0 Å². The molecule has 0 aliphatic heterocycles. The molecule has 0 aromatic carbocycles. The Morgan fingerprint density at radius 2 is 1.95 bits per heavy atom. The first-order chi connectivity index (χ1) is 9.45. The van der Waals surface area contributed by atoms with Crippen LogP contribution in [0.1, 0.15) is 40.5 Å². The molecular formula is C15H33N3OS. The summed E-state index contributed by atoms with van der Waals surface area (Å²) in [7, 11) is 1.76. The van der Waals surface area contributed by atoms with Crippen molar-refractivity contribution in [2.24, 2.45) is 10.4 Å². The first-order valence-corrected chi connectivity index (χ1v) is 8.89. The lowest BCUT2D eigenvalue weighted by Gasteiger charge is -2.28. The fraction of sp³-hybridized carbons (Fsp3) is 0.933. The SMILES string of the molecule is CCNC(=NCC(OC)C(C)(C)C)NCCCCSC. The maximum absolute atomic E-state index is 5.54. The van der Waals surface area contributed by atoms with Crippen LogP contribution in [0.3, 0.4) is 0 Å². The molecule has 0 radical (unpaired) electrons. The van der Waals surface area contributed by atoms with E-state index in [1.165, 1.54) is 18.6 Å². The summed E-state index contributed by atoms with van der Waals surface area (Å²) in [4.78, 5) is 4.63. The van der Waals surface area contributed by atoms with E-state index >= 15 is 0 Å². The van der Waals surface area contributed by atoms with E-state index in [9.17, 15) is 0 Å². The van der Waals surface area contributed by atoms with Crippen molar-refractivity contribution >= 4 is 17.7 Å². The van der Waals surface area contributed by atoms with Gasteiger partial charge in [-0.3, -0.25) is 4.99 Å². The number of rotatable bonds is 9. The molecule has 120 valence electrons. The number of ether oxygens (including phenoxy) is 1. The molecule has 2 N–H and O–H groups in total. The third-order valence-corrected chi connectivity index (χ3v) is 3.77. The number of nitrogens with zero attached hydrogens (tertiary/aromatic N) is 1. The number of nitrogens with one attached hydrogen (secondary N) is 2. The molecule has 0 aromatic rings. The lowest BCUT2D eigenvalue weighted by Crippen LogP contribution is -2.39. The van der Waals surface area contributed by atoms with Crippen molar-refractivity contribution in [2.75, 3.05) is 38.8 Å². The van der Waals surface area contributed by atoms with Gasteiger partial charge >= 0.3 is 0 Å². The van der Waals surface area contributed by atoms with Crippen molar-refractivity contribution in [3.05, 3.63) is 0 Å². The molecule has 0 aliphatic carbocycles. The second-order valence-corrected chi connectivity index (χ2v) is 6.92. The maximum Gasteiger partial charge on any atom is 0.191 e. The molecular weight excluding hydrogens is 270 g/mol. The molecule has 0 fully saturated rings. The van der Waals surface area contributed by atoms with Gasteiger partial charge in [0.05, 0.1) is 12.6 Å². The van der Waals surface area contributed by atoms with Crippen molar-refractivity contribution in [1.82, 2.24) is 10.6 Å². The fourth-order valence-corrected chi connectivity index (χ4v) is 2.29. The Morgan fingerprint density at radius 1 is 1.25 bits per heavy atom. The van der Waals surface area contributed by atoms with E-state index < -0.39 is 0 Å². The number of hydrogen-bond donors (Lipinski definition) is 2. The number of hydrogen-bond acceptors (Lipinski definition) is 3. The average Bonchev–Trinajstić information content (AvgIpc) is 2.37. The number of thioether (sulfide) groups is 1. The molecule has 20 heavy (non-hydrogen) atoms. The van der Waals surface area contributed by atoms with Gasteiger partial charge in [-0.15, -0.1) is 0 Å². The molecule has 0 saturated carbocycles. The topological polar surface area (TPSA) is 45.7 Å². The zero-order valence-electron chi connectivity index (χ0n) is 14.1. The molecule has 0 amide bonds. The van der Waals surface area contributed by atoms with Gasteiger partial charge in [0.1, 0.15) is 0 Å². The minimum Gasteiger partial charge on any atom is -0.379 e. The van der Waals surface area contributed by atoms with Crippen molar-refractivity contribution in [2.45, 2.75) is 46.6 Å². The van der Waals surface area contributed by atoms with Crippen LogP contribution in [0.15, 0.2) is 4.99 Å². The molecule has 0 spiro atoms. The van der Waals surface area contributed by atoms with Crippen molar-refractivity contribution < 1.29 is 4.74 Å². The normalized spacial score (nSPS) is 14.2.